The Kier molecular flexibility index (Phi) is 2.38. The standard InChI is InChI=1S/C11H12O3S/c1-8(12)9-6-7-15(13,14)11-5-3-2-4-10(9)11/h2-5,9H,6-7H2,1H3. The summed E-state index contributed by atoms with van der Waals surface area (Å²) < 4.78 is 23.5. The van der Waals surface area contributed by atoms with Crippen LogP contribution < -0.4 is 0 Å². The second-order valence-electron chi connectivity index (χ2n) is 3.81. The van der Waals surface area contributed by atoms with E-state index >= 15 is 0 Å². The molecule has 0 aromatic heterocycles. The lowest BCUT2D eigenvalue weighted by atomic mass is 9.92. The van der Waals surface area contributed by atoms with E-state index in [9.17, 15) is 13.2 Å². The van der Waals surface area contributed by atoms with Crippen LogP contribution in [-0.4, -0.2) is 20.0 Å². The number of sulfone groups is 1. The summed E-state index contributed by atoms with van der Waals surface area (Å²) in [5, 5.41) is 0. The lowest BCUT2D eigenvalue weighted by Gasteiger charge is -2.23. The van der Waals surface area contributed by atoms with Gasteiger partial charge in [-0.2, -0.15) is 0 Å². The highest BCUT2D eigenvalue weighted by Crippen LogP contribution is 2.33. The van der Waals surface area contributed by atoms with Crippen LogP contribution in [0.25, 0.3) is 0 Å². The Hall–Kier alpha value is -1.16. The Bertz CT molecular complexity index is 502. The van der Waals surface area contributed by atoms with Crippen LogP contribution in [0.15, 0.2) is 29.2 Å². The molecule has 3 nitrogen and oxygen atoms in total. The molecule has 0 fully saturated rings. The SMILES string of the molecule is CC(=O)C1CCS(=O)(=O)c2ccccc21. The summed E-state index contributed by atoms with van der Waals surface area (Å²) in [5.41, 5.74) is 0.663. The van der Waals surface area contributed by atoms with Crippen LogP contribution in [0.3, 0.4) is 0 Å². The van der Waals surface area contributed by atoms with Crippen molar-refractivity contribution in [2.24, 2.45) is 0 Å². The molecule has 0 aliphatic carbocycles. The molecule has 1 aromatic rings. The van der Waals surface area contributed by atoms with Gasteiger partial charge in [0.25, 0.3) is 0 Å². The summed E-state index contributed by atoms with van der Waals surface area (Å²) in [5.74, 6) is -0.129. The minimum absolute atomic E-state index is 0.0392. The Morgan fingerprint density at radius 1 is 1.33 bits per heavy atom. The number of carbonyl (C=O) groups is 1. The predicted octanol–water partition coefficient (Wildman–Crippen LogP) is 1.54. The number of Topliss-reactive ketones (excluding diaryl/α,β-unsaturated/α-hetero) is 1. The van der Waals surface area contributed by atoms with Crippen molar-refractivity contribution in [1.29, 1.82) is 0 Å². The first-order valence-corrected chi connectivity index (χ1v) is 6.50. The molecule has 4 heteroatoms. The molecule has 1 aliphatic rings. The summed E-state index contributed by atoms with van der Waals surface area (Å²) in [4.78, 5) is 11.7. The minimum Gasteiger partial charge on any atom is -0.299 e. The molecule has 0 spiro atoms. The van der Waals surface area contributed by atoms with Gasteiger partial charge in [-0.3, -0.25) is 4.79 Å². The first-order valence-electron chi connectivity index (χ1n) is 4.84. The van der Waals surface area contributed by atoms with Crippen molar-refractivity contribution in [3.63, 3.8) is 0 Å². The van der Waals surface area contributed by atoms with Crippen LogP contribution in [0.4, 0.5) is 0 Å². The van der Waals surface area contributed by atoms with Gasteiger partial charge in [0.15, 0.2) is 9.84 Å². The van der Waals surface area contributed by atoms with Crippen molar-refractivity contribution >= 4 is 15.6 Å². The molecule has 80 valence electrons. The van der Waals surface area contributed by atoms with Crippen molar-refractivity contribution in [1.82, 2.24) is 0 Å². The number of rotatable bonds is 1. The molecule has 0 radical (unpaired) electrons. The third-order valence-corrected chi connectivity index (χ3v) is 4.61. The van der Waals surface area contributed by atoms with Gasteiger partial charge in [-0.1, -0.05) is 18.2 Å². The van der Waals surface area contributed by atoms with Crippen LogP contribution in [0.2, 0.25) is 0 Å². The van der Waals surface area contributed by atoms with Crippen LogP contribution in [-0.2, 0) is 14.6 Å². The van der Waals surface area contributed by atoms with Gasteiger partial charge in [0.1, 0.15) is 5.78 Å². The fourth-order valence-electron chi connectivity index (χ4n) is 2.01. The lowest BCUT2D eigenvalue weighted by molar-refractivity contribution is -0.118. The highest BCUT2D eigenvalue weighted by atomic mass is 32.2. The summed E-state index contributed by atoms with van der Waals surface area (Å²) in [6.07, 6.45) is 0.411. The molecule has 1 aromatic carbocycles. The van der Waals surface area contributed by atoms with E-state index < -0.39 is 9.84 Å². The first kappa shape index (κ1) is 10.4. The number of benzene rings is 1. The van der Waals surface area contributed by atoms with E-state index in [1.807, 2.05) is 0 Å². The molecule has 1 atom stereocenters. The quantitative estimate of drug-likeness (QED) is 0.727. The molecule has 0 amide bonds. The monoisotopic (exact) mass is 224 g/mol. The maximum Gasteiger partial charge on any atom is 0.178 e. The summed E-state index contributed by atoms with van der Waals surface area (Å²) in [7, 11) is -3.16. The molecule has 0 saturated heterocycles. The van der Waals surface area contributed by atoms with Gasteiger partial charge in [0, 0.05) is 5.92 Å². The third kappa shape index (κ3) is 1.69. The maximum absolute atomic E-state index is 11.7. The van der Waals surface area contributed by atoms with Crippen molar-refractivity contribution in [2.45, 2.75) is 24.2 Å². The normalized spacial score (nSPS) is 23.1. The molecule has 0 saturated carbocycles. The second kappa shape index (κ2) is 3.45. The van der Waals surface area contributed by atoms with E-state index in [4.69, 9.17) is 0 Å². The average Bonchev–Trinajstić information content (AvgIpc) is 2.17. The lowest BCUT2D eigenvalue weighted by Crippen LogP contribution is -2.23. The number of hydrogen-bond acceptors (Lipinski definition) is 3. The topological polar surface area (TPSA) is 51.2 Å². The zero-order valence-electron chi connectivity index (χ0n) is 8.43. The van der Waals surface area contributed by atoms with E-state index in [0.29, 0.717) is 16.9 Å². The van der Waals surface area contributed by atoms with E-state index in [-0.39, 0.29) is 17.5 Å². The molecular formula is C11H12O3S. The summed E-state index contributed by atoms with van der Waals surface area (Å²) in [6.45, 7) is 1.51. The Morgan fingerprint density at radius 3 is 2.67 bits per heavy atom. The van der Waals surface area contributed by atoms with Crippen molar-refractivity contribution in [3.05, 3.63) is 29.8 Å². The van der Waals surface area contributed by atoms with Crippen molar-refractivity contribution in [3.8, 4) is 0 Å². The van der Waals surface area contributed by atoms with E-state index in [2.05, 4.69) is 0 Å². The van der Waals surface area contributed by atoms with E-state index in [0.717, 1.165) is 0 Å². The number of ketones is 1. The number of carbonyl (C=O) groups excluding carboxylic acids is 1. The van der Waals surface area contributed by atoms with Crippen molar-refractivity contribution < 1.29 is 13.2 Å². The molecule has 0 N–H and O–H groups in total. The predicted molar refractivity (Wildman–Crippen MR) is 56.5 cm³/mol. The first-order chi connectivity index (χ1) is 7.02. The molecule has 0 bridgehead atoms. The van der Waals surface area contributed by atoms with E-state index in [1.165, 1.54) is 6.92 Å². The fraction of sp³-hybridized carbons (Fsp3) is 0.364. The Labute approximate surface area is 89.0 Å². The average molecular weight is 224 g/mol. The largest absolute Gasteiger partial charge is 0.299 e. The Morgan fingerprint density at radius 2 is 2.00 bits per heavy atom. The molecule has 2 rings (SSSR count). The highest BCUT2D eigenvalue weighted by Gasteiger charge is 2.31. The van der Waals surface area contributed by atoms with Crippen LogP contribution >= 0.6 is 0 Å². The molecular weight excluding hydrogens is 212 g/mol. The maximum atomic E-state index is 11.7. The van der Waals surface area contributed by atoms with Gasteiger partial charge in [-0.05, 0) is 25.0 Å². The summed E-state index contributed by atoms with van der Waals surface area (Å²) >= 11 is 0. The molecule has 1 heterocycles. The van der Waals surface area contributed by atoms with Gasteiger partial charge in [0.05, 0.1) is 10.6 Å². The van der Waals surface area contributed by atoms with E-state index in [1.54, 1.807) is 24.3 Å². The molecule has 1 unspecified atom stereocenters. The van der Waals surface area contributed by atoms with Crippen LogP contribution in [0.5, 0.6) is 0 Å². The van der Waals surface area contributed by atoms with Gasteiger partial charge in [-0.15, -0.1) is 0 Å². The second-order valence-corrected chi connectivity index (χ2v) is 5.89. The molecule has 15 heavy (non-hydrogen) atoms. The molecule has 1 aliphatic heterocycles. The summed E-state index contributed by atoms with van der Waals surface area (Å²) in [6, 6.07) is 6.78. The van der Waals surface area contributed by atoms with Gasteiger partial charge >= 0.3 is 0 Å². The highest BCUT2D eigenvalue weighted by molar-refractivity contribution is 7.91. The van der Waals surface area contributed by atoms with Gasteiger partial charge in [-0.25, -0.2) is 8.42 Å². The van der Waals surface area contributed by atoms with Crippen molar-refractivity contribution in [2.75, 3.05) is 5.75 Å². The van der Waals surface area contributed by atoms with Gasteiger partial charge in [0.2, 0.25) is 0 Å². The zero-order chi connectivity index (χ0) is 11.1. The number of hydrogen-bond donors (Lipinski definition) is 0. The number of fused-ring (bicyclic) bond motifs is 1. The Balaban J connectivity index is 2.64. The van der Waals surface area contributed by atoms with Crippen LogP contribution in [0.1, 0.15) is 24.8 Å². The fourth-order valence-corrected chi connectivity index (χ4v) is 3.63. The van der Waals surface area contributed by atoms with Crippen LogP contribution in [0, 0.1) is 0 Å². The van der Waals surface area contributed by atoms with Gasteiger partial charge < -0.3 is 0 Å². The minimum atomic E-state index is -3.16. The smallest absolute Gasteiger partial charge is 0.178 e. The third-order valence-electron chi connectivity index (χ3n) is 2.80. The zero-order valence-corrected chi connectivity index (χ0v) is 9.25.